The number of hydrogen-bond donors (Lipinski definition) is 1. The highest BCUT2D eigenvalue weighted by atomic mass is 32.1. The molecule has 0 atom stereocenters. The molecule has 4 nitrogen and oxygen atoms in total. The van der Waals surface area contributed by atoms with Crippen LogP contribution in [0, 0.1) is 0 Å². The van der Waals surface area contributed by atoms with E-state index in [0.717, 1.165) is 17.5 Å². The molecule has 1 aromatic carbocycles. The van der Waals surface area contributed by atoms with Crippen LogP contribution in [-0.2, 0) is 0 Å². The number of nitrogens with zero attached hydrogens (tertiary/aromatic N) is 3. The molecule has 1 N–H and O–H groups in total. The summed E-state index contributed by atoms with van der Waals surface area (Å²) in [7, 11) is 0. The molecule has 5 heteroatoms. The van der Waals surface area contributed by atoms with Gasteiger partial charge in [-0.2, -0.15) is 5.10 Å². The van der Waals surface area contributed by atoms with Gasteiger partial charge in [-0.05, 0) is 36.8 Å². The van der Waals surface area contributed by atoms with Gasteiger partial charge in [-0.25, -0.2) is 4.99 Å². The van der Waals surface area contributed by atoms with Gasteiger partial charge in [0.05, 0.1) is 17.6 Å². The third-order valence-electron chi connectivity index (χ3n) is 3.22. The lowest BCUT2D eigenvalue weighted by atomic mass is 10.1. The summed E-state index contributed by atoms with van der Waals surface area (Å²) in [5.74, 6) is 0. The fourth-order valence-electron chi connectivity index (χ4n) is 2.15. The molecule has 0 unspecified atom stereocenters. The molecular weight excluding hydrogens is 292 g/mol. The molecule has 1 heterocycles. The molecule has 0 spiro atoms. The van der Waals surface area contributed by atoms with E-state index in [1.807, 2.05) is 47.3 Å². The Kier molecular flexibility index (Phi) is 4.56. The van der Waals surface area contributed by atoms with Crippen LogP contribution in [0.4, 0.5) is 5.69 Å². The van der Waals surface area contributed by atoms with Crippen molar-refractivity contribution < 1.29 is 0 Å². The number of para-hydroxylation sites is 1. The van der Waals surface area contributed by atoms with Gasteiger partial charge in [-0.3, -0.25) is 4.68 Å². The largest absolute Gasteiger partial charge is 0.331 e. The third-order valence-corrected chi connectivity index (χ3v) is 3.41. The topological polar surface area (TPSA) is 42.2 Å². The van der Waals surface area contributed by atoms with Crippen LogP contribution in [0.3, 0.4) is 0 Å². The van der Waals surface area contributed by atoms with Crippen molar-refractivity contribution in [1.82, 2.24) is 9.78 Å². The molecule has 0 aliphatic heterocycles. The van der Waals surface area contributed by atoms with E-state index in [9.17, 15) is 0 Å². The summed E-state index contributed by atoms with van der Waals surface area (Å²) in [6, 6.07) is 11.8. The van der Waals surface area contributed by atoms with Gasteiger partial charge in [0.2, 0.25) is 0 Å². The number of thiocarbonyl (C=S) groups is 1. The van der Waals surface area contributed by atoms with Crippen LogP contribution in [0.15, 0.2) is 78.1 Å². The van der Waals surface area contributed by atoms with Gasteiger partial charge in [0.25, 0.3) is 0 Å². The minimum absolute atomic E-state index is 0.178. The summed E-state index contributed by atoms with van der Waals surface area (Å²) in [4.78, 5) is 4.35. The Morgan fingerprint density at radius 2 is 1.95 bits per heavy atom. The summed E-state index contributed by atoms with van der Waals surface area (Å²) in [5.41, 5.74) is 0.924. The van der Waals surface area contributed by atoms with Crippen molar-refractivity contribution in [2.75, 3.05) is 5.32 Å². The number of rotatable bonds is 2. The molecule has 110 valence electrons. The highest BCUT2D eigenvalue weighted by Gasteiger charge is 2.04. The Hall–Kier alpha value is -2.53. The van der Waals surface area contributed by atoms with E-state index < -0.39 is 0 Å². The molecule has 3 rings (SSSR count). The van der Waals surface area contributed by atoms with E-state index in [-0.39, 0.29) is 6.04 Å². The van der Waals surface area contributed by atoms with Crippen molar-refractivity contribution in [3.8, 4) is 0 Å². The molecule has 0 saturated heterocycles. The van der Waals surface area contributed by atoms with Crippen LogP contribution in [0.2, 0.25) is 0 Å². The first kappa shape index (κ1) is 14.4. The molecule has 1 aliphatic carbocycles. The molecule has 1 aliphatic rings. The molecule has 2 aromatic rings. The minimum Gasteiger partial charge on any atom is -0.331 e. The highest BCUT2D eigenvalue weighted by Crippen LogP contribution is 2.13. The lowest BCUT2D eigenvalue weighted by Crippen LogP contribution is -2.16. The average Bonchev–Trinajstić information content (AvgIpc) is 2.57. The van der Waals surface area contributed by atoms with Crippen LogP contribution in [0.5, 0.6) is 0 Å². The summed E-state index contributed by atoms with van der Waals surface area (Å²) in [5, 5.41) is 8.62. The van der Waals surface area contributed by atoms with E-state index in [2.05, 4.69) is 39.7 Å². The van der Waals surface area contributed by atoms with Crippen LogP contribution in [0.1, 0.15) is 12.5 Å². The molecule has 0 saturated carbocycles. The number of anilines is 1. The first-order valence-corrected chi connectivity index (χ1v) is 7.51. The number of benzene rings is 1. The quantitative estimate of drug-likeness (QED) is 0.684. The first-order chi connectivity index (χ1) is 10.8. The van der Waals surface area contributed by atoms with Crippen LogP contribution in [-0.4, -0.2) is 14.9 Å². The van der Waals surface area contributed by atoms with Gasteiger partial charge in [0.1, 0.15) is 0 Å². The number of nitrogens with one attached hydrogen (secondary N) is 1. The lowest BCUT2D eigenvalue weighted by molar-refractivity contribution is 0.601. The van der Waals surface area contributed by atoms with E-state index in [4.69, 9.17) is 12.2 Å². The van der Waals surface area contributed by atoms with Gasteiger partial charge in [-0.15, -0.1) is 0 Å². The van der Waals surface area contributed by atoms with E-state index in [1.165, 1.54) is 0 Å². The zero-order valence-corrected chi connectivity index (χ0v) is 12.8. The third kappa shape index (κ3) is 3.77. The van der Waals surface area contributed by atoms with Gasteiger partial charge >= 0.3 is 0 Å². The second-order valence-electron chi connectivity index (χ2n) is 4.86. The summed E-state index contributed by atoms with van der Waals surface area (Å²) >= 11 is 5.24. The SMILES string of the molecule is S=C(N=c1ccn(C2C=CCC=C2)nc1)Nc1ccccc1. The highest BCUT2D eigenvalue weighted by molar-refractivity contribution is 7.80. The fourth-order valence-corrected chi connectivity index (χ4v) is 2.37. The smallest absolute Gasteiger partial charge is 0.197 e. The van der Waals surface area contributed by atoms with Gasteiger partial charge in [0.15, 0.2) is 5.11 Å². The van der Waals surface area contributed by atoms with E-state index in [1.54, 1.807) is 6.20 Å². The number of hydrogen-bond acceptors (Lipinski definition) is 2. The fraction of sp³-hybridized carbons (Fsp3) is 0.118. The molecule has 1 aromatic heterocycles. The Morgan fingerprint density at radius 3 is 2.64 bits per heavy atom. The first-order valence-electron chi connectivity index (χ1n) is 7.10. The minimum atomic E-state index is 0.178. The average molecular weight is 308 g/mol. The maximum atomic E-state index is 5.24. The molecule has 0 radical (unpaired) electrons. The number of allylic oxidation sites excluding steroid dienone is 4. The lowest BCUT2D eigenvalue weighted by Gasteiger charge is -2.13. The van der Waals surface area contributed by atoms with Crippen molar-refractivity contribution in [2.24, 2.45) is 4.99 Å². The summed E-state index contributed by atoms with van der Waals surface area (Å²) in [6.45, 7) is 0. The van der Waals surface area contributed by atoms with Crippen molar-refractivity contribution in [3.05, 3.63) is 78.5 Å². The standard InChI is InChI=1S/C17H16N4S/c22-17(19-14-7-3-1-4-8-14)20-15-11-12-21(18-13-15)16-9-5-2-6-10-16/h1,3-13,16H,2H2,(H,19,22). The Labute approximate surface area is 134 Å². The van der Waals surface area contributed by atoms with Crippen molar-refractivity contribution in [2.45, 2.75) is 12.5 Å². The summed E-state index contributed by atoms with van der Waals surface area (Å²) in [6.07, 6.45) is 13.2. The van der Waals surface area contributed by atoms with E-state index >= 15 is 0 Å². The summed E-state index contributed by atoms with van der Waals surface area (Å²) < 4.78 is 1.89. The zero-order valence-electron chi connectivity index (χ0n) is 12.0. The van der Waals surface area contributed by atoms with E-state index in [0.29, 0.717) is 5.11 Å². The van der Waals surface area contributed by atoms with Gasteiger partial charge in [0, 0.05) is 11.9 Å². The molecular formula is C17H16N4S. The second kappa shape index (κ2) is 6.95. The Morgan fingerprint density at radius 1 is 1.18 bits per heavy atom. The molecule has 0 amide bonds. The Balaban J connectivity index is 1.72. The molecule has 0 fully saturated rings. The van der Waals surface area contributed by atoms with Crippen LogP contribution in [0.25, 0.3) is 0 Å². The van der Waals surface area contributed by atoms with Crippen LogP contribution < -0.4 is 10.7 Å². The van der Waals surface area contributed by atoms with Gasteiger partial charge < -0.3 is 5.32 Å². The zero-order chi connectivity index (χ0) is 15.2. The van der Waals surface area contributed by atoms with Crippen LogP contribution >= 0.6 is 12.2 Å². The van der Waals surface area contributed by atoms with Crippen molar-refractivity contribution >= 4 is 23.0 Å². The Bertz CT molecular complexity index is 742. The number of aromatic nitrogens is 2. The van der Waals surface area contributed by atoms with Crippen molar-refractivity contribution in [1.29, 1.82) is 0 Å². The maximum Gasteiger partial charge on any atom is 0.197 e. The van der Waals surface area contributed by atoms with Crippen molar-refractivity contribution in [3.63, 3.8) is 0 Å². The predicted molar refractivity (Wildman–Crippen MR) is 92.4 cm³/mol. The van der Waals surface area contributed by atoms with Gasteiger partial charge in [-0.1, -0.05) is 42.5 Å². The maximum absolute atomic E-state index is 5.24. The molecule has 22 heavy (non-hydrogen) atoms. The molecule has 0 bridgehead atoms. The predicted octanol–water partition coefficient (Wildman–Crippen LogP) is 3.24. The normalized spacial score (nSPS) is 15.0. The monoisotopic (exact) mass is 308 g/mol. The second-order valence-corrected chi connectivity index (χ2v) is 5.24.